The Kier molecular flexibility index (Phi) is 29.0. The van der Waals surface area contributed by atoms with Gasteiger partial charge in [0.05, 0.1) is 25.4 Å². The van der Waals surface area contributed by atoms with Crippen molar-refractivity contribution in [2.45, 2.75) is 129 Å². The topological polar surface area (TPSA) is 131 Å². The highest BCUT2D eigenvalue weighted by atomic mass is 31.2. The van der Waals surface area contributed by atoms with E-state index in [9.17, 15) is 19.4 Å². The highest BCUT2D eigenvalue weighted by Gasteiger charge is 2.26. The minimum atomic E-state index is -4.34. The molecule has 0 aromatic heterocycles. The Morgan fingerprint density at radius 2 is 1.37 bits per heavy atom. The van der Waals surface area contributed by atoms with Gasteiger partial charge in [-0.3, -0.25) is 13.8 Å². The van der Waals surface area contributed by atoms with Crippen molar-refractivity contribution in [3.8, 4) is 0 Å². The number of phosphoric acid groups is 1. The van der Waals surface area contributed by atoms with Crippen molar-refractivity contribution in [2.75, 3.05) is 19.8 Å². The van der Waals surface area contributed by atoms with Crippen molar-refractivity contribution in [1.82, 2.24) is 5.32 Å². The summed E-state index contributed by atoms with van der Waals surface area (Å²) in [6, 6.07) is -0.891. The molecular weight excluding hydrogens is 563 g/mol. The van der Waals surface area contributed by atoms with Crippen molar-refractivity contribution >= 4 is 13.7 Å². The molecule has 0 aromatic carbocycles. The van der Waals surface area contributed by atoms with Gasteiger partial charge < -0.3 is 21.1 Å². The van der Waals surface area contributed by atoms with Crippen molar-refractivity contribution in [3.05, 3.63) is 60.8 Å². The van der Waals surface area contributed by atoms with E-state index in [-0.39, 0.29) is 25.7 Å². The lowest BCUT2D eigenvalue weighted by Crippen LogP contribution is -2.45. The molecule has 0 saturated heterocycles. The molecule has 5 N–H and O–H groups in total. The standard InChI is InChI=1S/C34H61N2O6P/c1-3-5-7-9-11-13-15-16-18-20-22-24-26-28-34(38)36-32(31-42-43(39,40)41-30-29-35)33(37)27-25-23-21-19-17-14-12-10-8-6-4-2/h5,7,11,13,16-19,25,27,32-33,37H,3-4,6,8-10,12,14-15,20-24,26,28-31,35H2,1-2H3,(H,36,38)(H,39,40)/b7-5-,13-11-,18-16-,19-17+,27-25+. The van der Waals surface area contributed by atoms with E-state index in [2.05, 4.69) is 67.8 Å². The Bertz CT molecular complexity index is 856. The van der Waals surface area contributed by atoms with Crippen LogP contribution in [0.5, 0.6) is 0 Å². The summed E-state index contributed by atoms with van der Waals surface area (Å²) >= 11 is 0. The molecule has 3 unspecified atom stereocenters. The minimum absolute atomic E-state index is 0.0660. The van der Waals surface area contributed by atoms with Crippen molar-refractivity contribution in [3.63, 3.8) is 0 Å². The Hall–Kier alpha value is -1.80. The number of carbonyl (C=O) groups is 1. The molecule has 0 rings (SSSR count). The highest BCUT2D eigenvalue weighted by Crippen LogP contribution is 2.43. The number of hydrogen-bond donors (Lipinski definition) is 4. The van der Waals surface area contributed by atoms with Crippen LogP contribution in [0.3, 0.4) is 0 Å². The largest absolute Gasteiger partial charge is 0.472 e. The molecule has 0 saturated carbocycles. The SMILES string of the molecule is CC/C=C\C/C=C\C/C=C\CCCCCC(=O)NC(COP(=O)(O)OCCN)C(O)/C=C/CC/C=C/CCCCCCC. The van der Waals surface area contributed by atoms with E-state index in [0.29, 0.717) is 12.8 Å². The van der Waals surface area contributed by atoms with E-state index in [0.717, 1.165) is 57.8 Å². The smallest absolute Gasteiger partial charge is 0.387 e. The molecule has 0 aliphatic carbocycles. The molecular formula is C34H61N2O6P. The first kappa shape index (κ1) is 41.2. The summed E-state index contributed by atoms with van der Waals surface area (Å²) in [7, 11) is -4.34. The van der Waals surface area contributed by atoms with Crippen LogP contribution in [0.15, 0.2) is 60.8 Å². The fourth-order valence-corrected chi connectivity index (χ4v) is 4.86. The van der Waals surface area contributed by atoms with Gasteiger partial charge in [-0.2, -0.15) is 0 Å². The Morgan fingerprint density at radius 3 is 2.05 bits per heavy atom. The third kappa shape index (κ3) is 28.7. The van der Waals surface area contributed by atoms with Crippen LogP contribution in [-0.2, 0) is 18.4 Å². The summed E-state index contributed by atoms with van der Waals surface area (Å²) in [6.07, 6.45) is 35.6. The molecule has 0 aliphatic rings. The number of nitrogens with one attached hydrogen (secondary N) is 1. The predicted molar refractivity (Wildman–Crippen MR) is 180 cm³/mol. The molecule has 0 radical (unpaired) electrons. The van der Waals surface area contributed by atoms with Crippen LogP contribution in [-0.4, -0.2) is 47.8 Å². The van der Waals surface area contributed by atoms with Gasteiger partial charge in [-0.1, -0.05) is 107 Å². The Labute approximate surface area is 262 Å². The van der Waals surface area contributed by atoms with Gasteiger partial charge in [0.15, 0.2) is 0 Å². The summed E-state index contributed by atoms with van der Waals surface area (Å²) in [4.78, 5) is 22.4. The second-order valence-electron chi connectivity index (χ2n) is 10.6. The van der Waals surface area contributed by atoms with E-state index >= 15 is 0 Å². The quantitative estimate of drug-likeness (QED) is 0.0377. The Balaban J connectivity index is 4.54. The van der Waals surface area contributed by atoms with Gasteiger partial charge in [-0.15, -0.1) is 0 Å². The maximum Gasteiger partial charge on any atom is 0.472 e. The fraction of sp³-hybridized carbons (Fsp3) is 0.676. The summed E-state index contributed by atoms with van der Waals surface area (Å²) in [5, 5.41) is 13.5. The van der Waals surface area contributed by atoms with Crippen molar-refractivity contribution < 1.29 is 28.4 Å². The van der Waals surface area contributed by atoms with Gasteiger partial charge in [0.2, 0.25) is 5.91 Å². The van der Waals surface area contributed by atoms with Crippen LogP contribution in [0, 0.1) is 0 Å². The molecule has 0 heterocycles. The third-order valence-electron chi connectivity index (χ3n) is 6.58. The molecule has 0 aromatic rings. The number of unbranched alkanes of at least 4 members (excludes halogenated alkanes) is 9. The number of allylic oxidation sites excluding steroid dienone is 9. The average Bonchev–Trinajstić information content (AvgIpc) is 2.99. The molecule has 0 bridgehead atoms. The van der Waals surface area contributed by atoms with E-state index in [1.54, 1.807) is 6.08 Å². The zero-order chi connectivity index (χ0) is 31.9. The number of aliphatic hydroxyl groups is 1. The molecule has 8 nitrogen and oxygen atoms in total. The maximum atomic E-state index is 12.6. The van der Waals surface area contributed by atoms with E-state index < -0.39 is 20.0 Å². The van der Waals surface area contributed by atoms with Gasteiger partial charge in [0.1, 0.15) is 0 Å². The average molecular weight is 625 g/mol. The molecule has 0 spiro atoms. The first-order chi connectivity index (χ1) is 20.9. The second kappa shape index (κ2) is 30.2. The zero-order valence-electron chi connectivity index (χ0n) is 26.9. The van der Waals surface area contributed by atoms with Crippen LogP contribution in [0.4, 0.5) is 0 Å². The normalized spacial score (nSPS) is 15.4. The predicted octanol–water partition coefficient (Wildman–Crippen LogP) is 7.99. The van der Waals surface area contributed by atoms with Gasteiger partial charge in [-0.25, -0.2) is 4.57 Å². The molecule has 0 aliphatic heterocycles. The molecule has 43 heavy (non-hydrogen) atoms. The minimum Gasteiger partial charge on any atom is -0.387 e. The van der Waals surface area contributed by atoms with Crippen LogP contribution in [0.1, 0.15) is 117 Å². The molecule has 0 fully saturated rings. The van der Waals surface area contributed by atoms with Crippen molar-refractivity contribution in [1.29, 1.82) is 0 Å². The number of amides is 1. The summed E-state index contributed by atoms with van der Waals surface area (Å²) in [5.74, 6) is -0.239. The van der Waals surface area contributed by atoms with Gasteiger partial charge in [0.25, 0.3) is 0 Å². The van der Waals surface area contributed by atoms with E-state index in [1.165, 1.54) is 32.1 Å². The number of hydrogen-bond acceptors (Lipinski definition) is 6. The Morgan fingerprint density at radius 1 is 0.791 bits per heavy atom. The van der Waals surface area contributed by atoms with Crippen LogP contribution < -0.4 is 11.1 Å². The fourth-order valence-electron chi connectivity index (χ4n) is 4.10. The zero-order valence-corrected chi connectivity index (χ0v) is 27.8. The van der Waals surface area contributed by atoms with Crippen LogP contribution in [0.2, 0.25) is 0 Å². The first-order valence-electron chi connectivity index (χ1n) is 16.4. The lowest BCUT2D eigenvalue weighted by atomic mass is 10.1. The van der Waals surface area contributed by atoms with Gasteiger partial charge in [-0.05, 0) is 64.2 Å². The third-order valence-corrected chi connectivity index (χ3v) is 7.56. The van der Waals surface area contributed by atoms with E-state index in [4.69, 9.17) is 14.8 Å². The van der Waals surface area contributed by atoms with Crippen LogP contribution in [0.25, 0.3) is 0 Å². The number of carbonyl (C=O) groups excluding carboxylic acids is 1. The van der Waals surface area contributed by atoms with Gasteiger partial charge in [0, 0.05) is 13.0 Å². The molecule has 248 valence electrons. The number of phosphoric ester groups is 1. The molecule has 3 atom stereocenters. The summed E-state index contributed by atoms with van der Waals surface area (Å²) in [6.45, 7) is 3.90. The summed E-state index contributed by atoms with van der Waals surface area (Å²) < 4.78 is 21.9. The molecule has 1 amide bonds. The van der Waals surface area contributed by atoms with Gasteiger partial charge >= 0.3 is 7.82 Å². The lowest BCUT2D eigenvalue weighted by molar-refractivity contribution is -0.123. The lowest BCUT2D eigenvalue weighted by Gasteiger charge is -2.23. The maximum absolute atomic E-state index is 12.6. The monoisotopic (exact) mass is 624 g/mol. The van der Waals surface area contributed by atoms with E-state index in [1.807, 2.05) is 6.08 Å². The summed E-state index contributed by atoms with van der Waals surface area (Å²) in [5.41, 5.74) is 5.33. The molecule has 9 heteroatoms. The van der Waals surface area contributed by atoms with Crippen molar-refractivity contribution in [2.24, 2.45) is 5.73 Å². The first-order valence-corrected chi connectivity index (χ1v) is 17.9. The van der Waals surface area contributed by atoms with Crippen LogP contribution >= 0.6 is 7.82 Å². The highest BCUT2D eigenvalue weighted by molar-refractivity contribution is 7.47. The number of aliphatic hydroxyl groups excluding tert-OH is 1. The number of nitrogens with two attached hydrogens (primary N) is 1. The second-order valence-corrected chi connectivity index (χ2v) is 12.1. The number of rotatable bonds is 29.